The van der Waals surface area contributed by atoms with Crippen LogP contribution in [0.4, 0.5) is 0 Å². The lowest BCUT2D eigenvalue weighted by molar-refractivity contribution is -0.00000639. The zero-order valence-electron chi connectivity index (χ0n) is 14.8. The van der Waals surface area contributed by atoms with Crippen molar-refractivity contribution in [3.8, 4) is 11.5 Å². The third-order valence-corrected chi connectivity index (χ3v) is 3.75. The van der Waals surface area contributed by atoms with Crippen LogP contribution in [0.3, 0.4) is 0 Å². The molecule has 138 valence electrons. The van der Waals surface area contributed by atoms with Gasteiger partial charge in [-0.15, -0.1) is 0 Å². The van der Waals surface area contributed by atoms with Gasteiger partial charge in [-0.05, 0) is 42.3 Å². The zero-order valence-corrected chi connectivity index (χ0v) is 15.5. The number of ether oxygens (including phenoxy) is 2. The third-order valence-electron chi connectivity index (χ3n) is 3.75. The highest BCUT2D eigenvalue weighted by atomic mass is 35.5. The Bertz CT molecular complexity index is 760. The van der Waals surface area contributed by atoms with E-state index in [1.54, 1.807) is 6.26 Å². The molecule has 0 radical (unpaired) electrons. The van der Waals surface area contributed by atoms with Crippen LogP contribution >= 0.6 is 0 Å². The van der Waals surface area contributed by atoms with Crippen molar-refractivity contribution in [1.82, 2.24) is 5.32 Å². The lowest BCUT2D eigenvalue weighted by Gasteiger charge is -2.14. The maximum atomic E-state index is 5.93. The predicted octanol–water partition coefficient (Wildman–Crippen LogP) is 1.55. The van der Waals surface area contributed by atoms with Crippen LogP contribution in [-0.4, -0.2) is 6.61 Å². The molecule has 0 aliphatic heterocycles. The summed E-state index contributed by atoms with van der Waals surface area (Å²) >= 11 is 0. The average Bonchev–Trinajstić information content (AvgIpc) is 3.16. The van der Waals surface area contributed by atoms with Gasteiger partial charge in [-0.2, -0.15) is 0 Å². The van der Waals surface area contributed by atoms with Crippen LogP contribution in [0.15, 0.2) is 71.3 Å². The fraction of sp³-hybridized carbons (Fsp3) is 0.238. The molecule has 1 aromatic heterocycles. The molecule has 5 heteroatoms. The van der Waals surface area contributed by atoms with Crippen molar-refractivity contribution in [2.45, 2.75) is 26.6 Å². The highest BCUT2D eigenvalue weighted by Gasteiger charge is 2.07. The summed E-state index contributed by atoms with van der Waals surface area (Å²) in [6.07, 6.45) is 1.68. The molecule has 0 spiro atoms. The molecule has 0 saturated heterocycles. The van der Waals surface area contributed by atoms with E-state index < -0.39 is 0 Å². The summed E-state index contributed by atoms with van der Waals surface area (Å²) in [7, 11) is 0. The van der Waals surface area contributed by atoms with E-state index >= 15 is 0 Å². The van der Waals surface area contributed by atoms with Gasteiger partial charge in [-0.1, -0.05) is 36.4 Å². The molecule has 3 rings (SSSR count). The minimum Gasteiger partial charge on any atom is -1.00 e. The van der Waals surface area contributed by atoms with Gasteiger partial charge >= 0.3 is 0 Å². The molecule has 1 heterocycles. The number of furan rings is 1. The lowest BCUT2D eigenvalue weighted by Crippen LogP contribution is -3.00. The van der Waals surface area contributed by atoms with E-state index in [2.05, 4.69) is 11.4 Å². The van der Waals surface area contributed by atoms with Gasteiger partial charge in [0, 0.05) is 6.54 Å². The van der Waals surface area contributed by atoms with Gasteiger partial charge in [-0.3, -0.25) is 0 Å². The van der Waals surface area contributed by atoms with Crippen LogP contribution < -0.4 is 27.2 Å². The molecule has 0 aliphatic rings. The Labute approximate surface area is 160 Å². The molecule has 1 N–H and O–H groups in total. The topological polar surface area (TPSA) is 43.6 Å². The van der Waals surface area contributed by atoms with Gasteiger partial charge in [0.25, 0.3) is 0 Å². The van der Waals surface area contributed by atoms with E-state index in [0.717, 1.165) is 34.9 Å². The molecule has 26 heavy (non-hydrogen) atoms. The monoisotopic (exact) mass is 372 g/mol. The van der Waals surface area contributed by atoms with Crippen molar-refractivity contribution < 1.29 is 26.3 Å². The largest absolute Gasteiger partial charge is 1.00 e. The minimum atomic E-state index is 0. The Hall–Kier alpha value is -2.43. The SMILES string of the molecule is CCOc1cc(CNCc2ccco2)ccc1OCc1ccccc1.[Cl-]. The first kappa shape index (κ1) is 19.9. The molecule has 2 aromatic carbocycles. The molecule has 0 unspecified atom stereocenters. The van der Waals surface area contributed by atoms with Crippen molar-refractivity contribution in [3.05, 3.63) is 83.8 Å². The quantitative estimate of drug-likeness (QED) is 0.619. The fourth-order valence-electron chi connectivity index (χ4n) is 2.53. The molecule has 0 amide bonds. The first-order valence-electron chi connectivity index (χ1n) is 8.50. The first-order chi connectivity index (χ1) is 12.3. The second-order valence-electron chi connectivity index (χ2n) is 5.67. The van der Waals surface area contributed by atoms with Crippen molar-refractivity contribution in [2.24, 2.45) is 0 Å². The van der Waals surface area contributed by atoms with Crippen LogP contribution in [0.25, 0.3) is 0 Å². The van der Waals surface area contributed by atoms with E-state index in [1.165, 1.54) is 0 Å². The second kappa shape index (κ2) is 10.5. The number of halogens is 1. The van der Waals surface area contributed by atoms with E-state index in [4.69, 9.17) is 13.9 Å². The molecule has 0 bridgehead atoms. The van der Waals surface area contributed by atoms with Crippen LogP contribution in [0.1, 0.15) is 23.8 Å². The van der Waals surface area contributed by atoms with E-state index in [-0.39, 0.29) is 12.4 Å². The van der Waals surface area contributed by atoms with Gasteiger partial charge < -0.3 is 31.6 Å². The van der Waals surface area contributed by atoms with Crippen molar-refractivity contribution in [1.29, 1.82) is 0 Å². The Kier molecular flexibility index (Phi) is 8.06. The molecule has 0 atom stereocenters. The number of hydrogen-bond acceptors (Lipinski definition) is 4. The van der Waals surface area contributed by atoms with E-state index in [0.29, 0.717) is 19.8 Å². The number of benzene rings is 2. The molecule has 0 saturated carbocycles. The summed E-state index contributed by atoms with van der Waals surface area (Å²) in [6, 6.07) is 20.0. The second-order valence-corrected chi connectivity index (χ2v) is 5.67. The maximum absolute atomic E-state index is 5.93. The Morgan fingerprint density at radius 3 is 2.42 bits per heavy atom. The zero-order chi connectivity index (χ0) is 17.3. The fourth-order valence-corrected chi connectivity index (χ4v) is 2.53. The first-order valence-corrected chi connectivity index (χ1v) is 8.50. The van der Waals surface area contributed by atoms with E-state index in [1.807, 2.05) is 61.5 Å². The van der Waals surface area contributed by atoms with Crippen molar-refractivity contribution >= 4 is 0 Å². The van der Waals surface area contributed by atoms with Crippen LogP contribution in [-0.2, 0) is 19.7 Å². The van der Waals surface area contributed by atoms with Crippen LogP contribution in [0, 0.1) is 0 Å². The van der Waals surface area contributed by atoms with Crippen LogP contribution in [0.5, 0.6) is 11.5 Å². The summed E-state index contributed by atoms with van der Waals surface area (Å²) in [6.45, 7) is 4.54. The van der Waals surface area contributed by atoms with Crippen molar-refractivity contribution in [2.75, 3.05) is 6.61 Å². The normalized spacial score (nSPS) is 10.2. The Morgan fingerprint density at radius 2 is 1.69 bits per heavy atom. The van der Waals surface area contributed by atoms with E-state index in [9.17, 15) is 0 Å². The summed E-state index contributed by atoms with van der Waals surface area (Å²) in [5.74, 6) is 2.46. The van der Waals surface area contributed by atoms with Crippen LogP contribution in [0.2, 0.25) is 0 Å². The predicted molar refractivity (Wildman–Crippen MR) is 97.6 cm³/mol. The Balaban J connectivity index is 0.00000243. The summed E-state index contributed by atoms with van der Waals surface area (Å²) < 4.78 is 17.0. The highest BCUT2D eigenvalue weighted by molar-refractivity contribution is 5.43. The molecule has 0 fully saturated rings. The average molecular weight is 373 g/mol. The molecule has 3 aromatic rings. The number of rotatable bonds is 9. The molecular weight excluding hydrogens is 350 g/mol. The summed E-state index contributed by atoms with van der Waals surface area (Å²) in [4.78, 5) is 0. The third kappa shape index (κ3) is 5.83. The number of nitrogens with one attached hydrogen (secondary N) is 1. The summed E-state index contributed by atoms with van der Waals surface area (Å²) in [5.41, 5.74) is 2.27. The standard InChI is InChI=1S/C21H23NO3.ClH/c1-2-23-21-13-18(14-22-15-19-9-6-12-24-19)10-11-20(21)25-16-17-7-4-3-5-8-17;/h3-13,22H,2,14-16H2,1H3;1H/p-1. The smallest absolute Gasteiger partial charge is 0.161 e. The molecule has 0 aliphatic carbocycles. The van der Waals surface area contributed by atoms with Gasteiger partial charge in [0.2, 0.25) is 0 Å². The number of hydrogen-bond donors (Lipinski definition) is 1. The van der Waals surface area contributed by atoms with Crippen molar-refractivity contribution in [3.63, 3.8) is 0 Å². The van der Waals surface area contributed by atoms with Gasteiger partial charge in [0.15, 0.2) is 11.5 Å². The van der Waals surface area contributed by atoms with Gasteiger partial charge in [0.1, 0.15) is 12.4 Å². The maximum Gasteiger partial charge on any atom is 0.161 e. The molecule has 4 nitrogen and oxygen atoms in total. The minimum absolute atomic E-state index is 0. The van der Waals surface area contributed by atoms with Gasteiger partial charge in [-0.25, -0.2) is 0 Å². The molecular formula is C21H23ClNO3-. The highest BCUT2D eigenvalue weighted by Crippen LogP contribution is 2.29. The lowest BCUT2D eigenvalue weighted by atomic mass is 10.2. The van der Waals surface area contributed by atoms with Gasteiger partial charge in [0.05, 0.1) is 19.4 Å². The Morgan fingerprint density at radius 1 is 0.846 bits per heavy atom. The summed E-state index contributed by atoms with van der Waals surface area (Å²) in [5, 5.41) is 3.36.